The normalized spacial score (nSPS) is 16.4. The van der Waals surface area contributed by atoms with Gasteiger partial charge < -0.3 is 14.2 Å². The SMILES string of the molecule is Cn1cc(CC(=O)N2CCC(Oc3cc(C#N)ccn3)C2)c2ccccc21. The highest BCUT2D eigenvalue weighted by molar-refractivity contribution is 5.89. The number of pyridine rings is 1. The minimum absolute atomic E-state index is 0.0945. The van der Waals surface area contributed by atoms with Crippen molar-refractivity contribution in [2.24, 2.45) is 7.05 Å². The standard InChI is InChI=1S/C21H20N4O2/c1-24-13-16(18-4-2-3-5-19(18)24)11-21(26)25-9-7-17(14-25)27-20-10-15(12-22)6-8-23-20/h2-6,8,10,13,17H,7,9,11,14H2,1H3. The Balaban J connectivity index is 1.41. The number of fused-ring (bicyclic) bond motifs is 1. The van der Waals surface area contributed by atoms with E-state index < -0.39 is 0 Å². The number of aromatic nitrogens is 2. The Morgan fingerprint density at radius 3 is 3.07 bits per heavy atom. The van der Waals surface area contributed by atoms with Gasteiger partial charge in [-0.1, -0.05) is 18.2 Å². The first kappa shape index (κ1) is 17.1. The van der Waals surface area contributed by atoms with Crippen LogP contribution in [0.4, 0.5) is 0 Å². The molecule has 1 amide bonds. The molecular formula is C21H20N4O2. The molecule has 1 atom stereocenters. The Bertz CT molecular complexity index is 1030. The molecule has 27 heavy (non-hydrogen) atoms. The molecule has 0 bridgehead atoms. The lowest BCUT2D eigenvalue weighted by Crippen LogP contribution is -2.32. The van der Waals surface area contributed by atoms with Gasteiger partial charge in [-0.2, -0.15) is 5.26 Å². The average Bonchev–Trinajstić information content (AvgIpc) is 3.27. The maximum Gasteiger partial charge on any atom is 0.227 e. The molecule has 1 aromatic carbocycles. The Labute approximate surface area is 157 Å². The molecule has 0 aliphatic carbocycles. The number of amides is 1. The highest BCUT2D eigenvalue weighted by Gasteiger charge is 2.28. The van der Waals surface area contributed by atoms with E-state index in [1.54, 1.807) is 18.3 Å². The topological polar surface area (TPSA) is 71.2 Å². The van der Waals surface area contributed by atoms with Gasteiger partial charge in [0.25, 0.3) is 0 Å². The molecule has 6 heteroatoms. The number of carbonyl (C=O) groups excluding carboxylic acids is 1. The summed E-state index contributed by atoms with van der Waals surface area (Å²) < 4.78 is 7.92. The number of para-hydroxylation sites is 1. The van der Waals surface area contributed by atoms with E-state index in [4.69, 9.17) is 10.00 Å². The number of ether oxygens (including phenoxy) is 1. The van der Waals surface area contributed by atoms with Crippen molar-refractivity contribution in [3.8, 4) is 11.9 Å². The molecule has 0 N–H and O–H groups in total. The van der Waals surface area contributed by atoms with Crippen LogP contribution in [0.2, 0.25) is 0 Å². The second kappa shape index (κ2) is 7.12. The van der Waals surface area contributed by atoms with Crippen molar-refractivity contribution < 1.29 is 9.53 Å². The van der Waals surface area contributed by atoms with Gasteiger partial charge in [0.15, 0.2) is 0 Å². The zero-order valence-electron chi connectivity index (χ0n) is 15.1. The summed E-state index contributed by atoms with van der Waals surface area (Å²) in [5.74, 6) is 0.540. The molecule has 136 valence electrons. The number of hydrogen-bond acceptors (Lipinski definition) is 4. The van der Waals surface area contributed by atoms with Crippen LogP contribution in [0.3, 0.4) is 0 Å². The lowest BCUT2D eigenvalue weighted by Gasteiger charge is -2.17. The summed E-state index contributed by atoms with van der Waals surface area (Å²) in [6, 6.07) is 13.5. The van der Waals surface area contributed by atoms with E-state index in [1.807, 2.05) is 30.3 Å². The largest absolute Gasteiger partial charge is 0.472 e. The minimum atomic E-state index is -0.0945. The Kier molecular flexibility index (Phi) is 4.51. The highest BCUT2D eigenvalue weighted by atomic mass is 16.5. The van der Waals surface area contributed by atoms with Crippen LogP contribution in [-0.4, -0.2) is 39.6 Å². The van der Waals surface area contributed by atoms with Gasteiger partial charge >= 0.3 is 0 Å². The summed E-state index contributed by atoms with van der Waals surface area (Å²) in [6.45, 7) is 1.22. The molecule has 0 radical (unpaired) electrons. The van der Waals surface area contributed by atoms with Gasteiger partial charge in [0.2, 0.25) is 11.8 Å². The van der Waals surface area contributed by atoms with Gasteiger partial charge in [0.1, 0.15) is 6.10 Å². The third kappa shape index (κ3) is 3.49. The number of aryl methyl sites for hydroxylation is 1. The summed E-state index contributed by atoms with van der Waals surface area (Å²) in [6.07, 6.45) is 4.65. The summed E-state index contributed by atoms with van der Waals surface area (Å²) in [5.41, 5.74) is 2.69. The molecule has 3 heterocycles. The zero-order chi connectivity index (χ0) is 18.8. The minimum Gasteiger partial charge on any atom is -0.472 e. The van der Waals surface area contributed by atoms with E-state index in [0.29, 0.717) is 31.0 Å². The van der Waals surface area contributed by atoms with Crippen molar-refractivity contribution in [1.29, 1.82) is 5.26 Å². The fraction of sp³-hybridized carbons (Fsp3) is 0.286. The van der Waals surface area contributed by atoms with Crippen molar-refractivity contribution in [3.63, 3.8) is 0 Å². The number of benzene rings is 1. The van der Waals surface area contributed by atoms with Crippen LogP contribution in [0, 0.1) is 11.3 Å². The summed E-state index contributed by atoms with van der Waals surface area (Å²) in [5, 5.41) is 10.1. The van der Waals surface area contributed by atoms with E-state index in [0.717, 1.165) is 22.9 Å². The van der Waals surface area contributed by atoms with Crippen LogP contribution in [0.25, 0.3) is 10.9 Å². The summed E-state index contributed by atoms with van der Waals surface area (Å²) in [4.78, 5) is 18.8. The van der Waals surface area contributed by atoms with E-state index in [2.05, 4.69) is 27.8 Å². The van der Waals surface area contributed by atoms with Crippen molar-refractivity contribution in [3.05, 3.63) is 59.9 Å². The van der Waals surface area contributed by atoms with Crippen molar-refractivity contribution in [2.75, 3.05) is 13.1 Å². The van der Waals surface area contributed by atoms with Crippen LogP contribution in [0.5, 0.6) is 5.88 Å². The summed E-state index contributed by atoms with van der Waals surface area (Å²) >= 11 is 0. The molecule has 0 saturated carbocycles. The van der Waals surface area contributed by atoms with Crippen LogP contribution >= 0.6 is 0 Å². The lowest BCUT2D eigenvalue weighted by molar-refractivity contribution is -0.129. The molecule has 1 aliphatic heterocycles. The van der Waals surface area contributed by atoms with Gasteiger partial charge in [-0.3, -0.25) is 4.79 Å². The first-order valence-electron chi connectivity index (χ1n) is 8.97. The predicted molar refractivity (Wildman–Crippen MR) is 101 cm³/mol. The number of hydrogen-bond donors (Lipinski definition) is 0. The number of likely N-dealkylation sites (tertiary alicyclic amines) is 1. The van der Waals surface area contributed by atoms with E-state index >= 15 is 0 Å². The first-order chi connectivity index (χ1) is 13.1. The van der Waals surface area contributed by atoms with Crippen LogP contribution in [0.1, 0.15) is 17.5 Å². The van der Waals surface area contributed by atoms with Gasteiger partial charge in [0.05, 0.1) is 24.6 Å². The highest BCUT2D eigenvalue weighted by Crippen LogP contribution is 2.23. The quantitative estimate of drug-likeness (QED) is 0.717. The van der Waals surface area contributed by atoms with Crippen LogP contribution in [0.15, 0.2) is 48.8 Å². The fourth-order valence-corrected chi connectivity index (χ4v) is 3.61. The van der Waals surface area contributed by atoms with Crippen molar-refractivity contribution in [1.82, 2.24) is 14.5 Å². The third-order valence-corrected chi connectivity index (χ3v) is 4.97. The second-order valence-electron chi connectivity index (χ2n) is 6.82. The molecule has 6 nitrogen and oxygen atoms in total. The third-order valence-electron chi connectivity index (χ3n) is 4.97. The first-order valence-corrected chi connectivity index (χ1v) is 8.97. The molecule has 1 aliphatic rings. The Morgan fingerprint density at radius 2 is 2.22 bits per heavy atom. The molecule has 1 unspecified atom stereocenters. The maximum atomic E-state index is 12.8. The van der Waals surface area contributed by atoms with E-state index in [1.165, 1.54) is 0 Å². The number of carbonyl (C=O) groups is 1. The zero-order valence-corrected chi connectivity index (χ0v) is 15.1. The maximum absolute atomic E-state index is 12.8. The van der Waals surface area contributed by atoms with Gasteiger partial charge in [-0.05, 0) is 17.7 Å². The predicted octanol–water partition coefficient (Wildman–Crippen LogP) is 2.67. The molecular weight excluding hydrogens is 340 g/mol. The molecule has 3 aromatic rings. The average molecular weight is 360 g/mol. The number of nitrogens with zero attached hydrogens (tertiary/aromatic N) is 4. The molecule has 1 saturated heterocycles. The molecule has 4 rings (SSSR count). The monoisotopic (exact) mass is 360 g/mol. The smallest absolute Gasteiger partial charge is 0.227 e. The molecule has 2 aromatic heterocycles. The van der Waals surface area contributed by atoms with Crippen molar-refractivity contribution in [2.45, 2.75) is 18.9 Å². The lowest BCUT2D eigenvalue weighted by atomic mass is 10.1. The van der Waals surface area contributed by atoms with Gasteiger partial charge in [0, 0.05) is 49.4 Å². The number of nitriles is 1. The van der Waals surface area contributed by atoms with Crippen molar-refractivity contribution >= 4 is 16.8 Å². The van der Waals surface area contributed by atoms with E-state index in [9.17, 15) is 4.79 Å². The Hall–Kier alpha value is -3.33. The van der Waals surface area contributed by atoms with Crippen LogP contribution < -0.4 is 4.74 Å². The molecule has 0 spiro atoms. The summed E-state index contributed by atoms with van der Waals surface area (Å²) in [7, 11) is 2.00. The second-order valence-corrected chi connectivity index (χ2v) is 6.82. The van der Waals surface area contributed by atoms with Crippen LogP contribution in [-0.2, 0) is 18.3 Å². The van der Waals surface area contributed by atoms with Gasteiger partial charge in [-0.25, -0.2) is 4.98 Å². The molecule has 1 fully saturated rings. The van der Waals surface area contributed by atoms with E-state index in [-0.39, 0.29) is 12.0 Å². The van der Waals surface area contributed by atoms with Gasteiger partial charge in [-0.15, -0.1) is 0 Å². The Morgan fingerprint density at radius 1 is 1.37 bits per heavy atom. The number of rotatable bonds is 4. The fourth-order valence-electron chi connectivity index (χ4n) is 3.61.